The molecule has 0 fully saturated rings. The molecular weight excluding hydrogens is 216 g/mol. The number of nitrogens with zero attached hydrogens (tertiary/aromatic N) is 2. The van der Waals surface area contributed by atoms with E-state index >= 15 is 0 Å². The van der Waals surface area contributed by atoms with Crippen molar-refractivity contribution in [2.24, 2.45) is 4.99 Å². The van der Waals surface area contributed by atoms with Crippen molar-refractivity contribution >= 4 is 11.9 Å². The Kier molecular flexibility index (Phi) is 5.66. The fourth-order valence-electron chi connectivity index (χ4n) is 1.35. The van der Waals surface area contributed by atoms with E-state index in [0.29, 0.717) is 6.54 Å². The van der Waals surface area contributed by atoms with Gasteiger partial charge in [0, 0.05) is 40.2 Å². The predicted molar refractivity (Wildman–Crippen MR) is 71.0 cm³/mol. The van der Waals surface area contributed by atoms with Crippen LogP contribution in [0.4, 0.5) is 5.69 Å². The van der Waals surface area contributed by atoms with E-state index in [2.05, 4.69) is 22.0 Å². The van der Waals surface area contributed by atoms with E-state index in [-0.39, 0.29) is 6.29 Å². The van der Waals surface area contributed by atoms with Crippen molar-refractivity contribution in [3.8, 4) is 0 Å². The minimum Gasteiger partial charge on any atom is -0.378 e. The lowest BCUT2D eigenvalue weighted by molar-refractivity contribution is -0.0936. The maximum Gasteiger partial charge on any atom is 0.176 e. The molecule has 1 rings (SSSR count). The Bertz CT molecular complexity index is 343. The van der Waals surface area contributed by atoms with Crippen LogP contribution in [-0.4, -0.2) is 47.4 Å². The molecule has 0 aliphatic carbocycles. The summed E-state index contributed by atoms with van der Waals surface area (Å²) in [6.45, 7) is 0.502. The van der Waals surface area contributed by atoms with Crippen LogP contribution in [-0.2, 0) is 9.47 Å². The molecule has 0 saturated heterocycles. The smallest absolute Gasteiger partial charge is 0.176 e. The lowest BCUT2D eigenvalue weighted by Gasteiger charge is -2.12. The molecule has 0 amide bonds. The third kappa shape index (κ3) is 4.54. The zero-order valence-corrected chi connectivity index (χ0v) is 10.9. The summed E-state index contributed by atoms with van der Waals surface area (Å²) in [4.78, 5) is 6.33. The van der Waals surface area contributed by atoms with Crippen molar-refractivity contribution in [1.82, 2.24) is 0 Å². The quantitative estimate of drug-likeness (QED) is 0.558. The van der Waals surface area contributed by atoms with Crippen LogP contribution in [0.5, 0.6) is 0 Å². The average molecular weight is 236 g/mol. The number of ether oxygens (including phenoxy) is 2. The summed E-state index contributed by atoms with van der Waals surface area (Å²) in [5, 5.41) is 0. The number of methoxy groups -OCH3 is 2. The molecule has 94 valence electrons. The molecule has 0 heterocycles. The second kappa shape index (κ2) is 7.04. The highest BCUT2D eigenvalue weighted by molar-refractivity contribution is 5.80. The molecule has 1 aromatic rings. The third-order valence-electron chi connectivity index (χ3n) is 2.43. The molecule has 1 aromatic carbocycles. The van der Waals surface area contributed by atoms with Crippen LogP contribution in [0.15, 0.2) is 29.3 Å². The van der Waals surface area contributed by atoms with Crippen molar-refractivity contribution < 1.29 is 9.47 Å². The Morgan fingerprint density at radius 2 is 1.76 bits per heavy atom. The van der Waals surface area contributed by atoms with Gasteiger partial charge in [0.25, 0.3) is 0 Å². The molecule has 0 aliphatic heterocycles. The Hall–Kier alpha value is -1.39. The summed E-state index contributed by atoms with van der Waals surface area (Å²) in [5.41, 5.74) is 2.25. The Morgan fingerprint density at radius 1 is 1.18 bits per heavy atom. The van der Waals surface area contributed by atoms with Gasteiger partial charge in [-0.05, 0) is 17.7 Å². The van der Waals surface area contributed by atoms with E-state index in [1.54, 1.807) is 14.2 Å². The van der Waals surface area contributed by atoms with Crippen LogP contribution >= 0.6 is 0 Å². The van der Waals surface area contributed by atoms with Gasteiger partial charge in [0.1, 0.15) is 0 Å². The monoisotopic (exact) mass is 236 g/mol. The zero-order valence-electron chi connectivity index (χ0n) is 10.9. The van der Waals surface area contributed by atoms with Gasteiger partial charge in [-0.25, -0.2) is 0 Å². The second-order valence-corrected chi connectivity index (χ2v) is 3.88. The number of hydrogen-bond donors (Lipinski definition) is 0. The summed E-state index contributed by atoms with van der Waals surface area (Å²) in [6.07, 6.45) is 1.55. The third-order valence-corrected chi connectivity index (χ3v) is 2.43. The number of aliphatic imine (C=N–C) groups is 1. The Labute approximate surface area is 103 Å². The number of anilines is 1. The second-order valence-electron chi connectivity index (χ2n) is 3.88. The maximum atomic E-state index is 5.05. The maximum absolute atomic E-state index is 5.05. The van der Waals surface area contributed by atoms with Gasteiger partial charge >= 0.3 is 0 Å². The van der Waals surface area contributed by atoms with Crippen LogP contribution in [0.2, 0.25) is 0 Å². The van der Waals surface area contributed by atoms with E-state index in [9.17, 15) is 0 Å². The fraction of sp³-hybridized carbons (Fsp3) is 0.462. The molecule has 0 saturated carbocycles. The molecule has 0 radical (unpaired) electrons. The number of rotatable bonds is 6. The van der Waals surface area contributed by atoms with Gasteiger partial charge in [0.15, 0.2) is 6.29 Å². The molecule has 0 aliphatic rings. The molecule has 0 atom stereocenters. The van der Waals surface area contributed by atoms with Crippen LogP contribution in [0.25, 0.3) is 0 Å². The van der Waals surface area contributed by atoms with Crippen LogP contribution in [0, 0.1) is 0 Å². The van der Waals surface area contributed by atoms with E-state index in [4.69, 9.17) is 9.47 Å². The van der Waals surface area contributed by atoms with E-state index in [1.807, 2.05) is 32.4 Å². The fourth-order valence-corrected chi connectivity index (χ4v) is 1.35. The Balaban J connectivity index is 2.54. The minimum atomic E-state index is -0.271. The highest BCUT2D eigenvalue weighted by Crippen LogP contribution is 2.10. The molecule has 0 bridgehead atoms. The predicted octanol–water partition coefficient (Wildman–Crippen LogP) is 1.79. The normalized spacial score (nSPS) is 11.4. The summed E-state index contributed by atoms with van der Waals surface area (Å²) in [7, 11) is 7.25. The lowest BCUT2D eigenvalue weighted by Crippen LogP contribution is -2.16. The zero-order chi connectivity index (χ0) is 12.7. The molecule has 0 N–H and O–H groups in total. The molecule has 0 spiro atoms. The topological polar surface area (TPSA) is 34.1 Å². The standard InChI is InChI=1S/C13H20N2O2/c1-15(2)12-7-5-11(6-8-12)9-14-10-13(16-3)17-4/h5-9,13H,10H2,1-4H3. The average Bonchev–Trinajstić information content (AvgIpc) is 2.35. The Morgan fingerprint density at radius 3 is 2.24 bits per heavy atom. The van der Waals surface area contributed by atoms with Crippen molar-refractivity contribution in [3.63, 3.8) is 0 Å². The first kappa shape index (κ1) is 13.7. The molecular formula is C13H20N2O2. The number of hydrogen-bond acceptors (Lipinski definition) is 4. The summed E-state index contributed by atoms with van der Waals surface area (Å²) in [6, 6.07) is 8.19. The molecule has 0 aromatic heterocycles. The van der Waals surface area contributed by atoms with Gasteiger partial charge in [0.05, 0.1) is 6.54 Å². The summed E-state index contributed by atoms with van der Waals surface area (Å²) < 4.78 is 10.1. The van der Waals surface area contributed by atoms with Gasteiger partial charge in [-0.2, -0.15) is 0 Å². The van der Waals surface area contributed by atoms with E-state index in [0.717, 1.165) is 5.56 Å². The van der Waals surface area contributed by atoms with E-state index < -0.39 is 0 Å². The summed E-state index contributed by atoms with van der Waals surface area (Å²) >= 11 is 0. The number of benzene rings is 1. The SMILES string of the molecule is COC(CN=Cc1ccc(N(C)C)cc1)OC. The van der Waals surface area contributed by atoms with Crippen LogP contribution in [0.1, 0.15) is 5.56 Å². The van der Waals surface area contributed by atoms with Crippen LogP contribution < -0.4 is 4.90 Å². The van der Waals surface area contributed by atoms with Crippen molar-refractivity contribution in [3.05, 3.63) is 29.8 Å². The van der Waals surface area contributed by atoms with Crippen molar-refractivity contribution in [2.45, 2.75) is 6.29 Å². The van der Waals surface area contributed by atoms with Crippen LogP contribution in [0.3, 0.4) is 0 Å². The first-order valence-corrected chi connectivity index (χ1v) is 5.50. The van der Waals surface area contributed by atoms with Gasteiger partial charge in [-0.1, -0.05) is 12.1 Å². The van der Waals surface area contributed by atoms with Crippen molar-refractivity contribution in [2.75, 3.05) is 39.8 Å². The molecule has 0 unspecified atom stereocenters. The molecule has 4 heteroatoms. The van der Waals surface area contributed by atoms with Gasteiger partial charge < -0.3 is 14.4 Å². The minimum absolute atomic E-state index is 0.271. The summed E-state index contributed by atoms with van der Waals surface area (Å²) in [5.74, 6) is 0. The molecule has 4 nitrogen and oxygen atoms in total. The van der Waals surface area contributed by atoms with Gasteiger partial charge in [-0.15, -0.1) is 0 Å². The van der Waals surface area contributed by atoms with E-state index in [1.165, 1.54) is 5.69 Å². The highest BCUT2D eigenvalue weighted by atomic mass is 16.7. The highest BCUT2D eigenvalue weighted by Gasteiger charge is 2.01. The lowest BCUT2D eigenvalue weighted by atomic mass is 10.2. The van der Waals surface area contributed by atoms with Gasteiger partial charge in [-0.3, -0.25) is 4.99 Å². The first-order valence-electron chi connectivity index (χ1n) is 5.50. The van der Waals surface area contributed by atoms with Gasteiger partial charge in [0.2, 0.25) is 0 Å². The largest absolute Gasteiger partial charge is 0.378 e. The first-order chi connectivity index (χ1) is 8.17. The van der Waals surface area contributed by atoms with Crippen molar-refractivity contribution in [1.29, 1.82) is 0 Å². The molecule has 17 heavy (non-hydrogen) atoms.